The van der Waals surface area contributed by atoms with E-state index >= 15 is 0 Å². The zero-order valence-corrected chi connectivity index (χ0v) is 18.0. The Bertz CT molecular complexity index is 961. The van der Waals surface area contributed by atoms with Crippen LogP contribution in [0.4, 0.5) is 5.82 Å². The molecule has 0 aliphatic rings. The fourth-order valence-corrected chi connectivity index (χ4v) is 3.20. The van der Waals surface area contributed by atoms with Crippen LogP contribution in [0.25, 0.3) is 0 Å². The van der Waals surface area contributed by atoms with E-state index in [0.29, 0.717) is 29.6 Å². The van der Waals surface area contributed by atoms with Gasteiger partial charge in [0.15, 0.2) is 11.5 Å². The van der Waals surface area contributed by atoms with Gasteiger partial charge in [-0.3, -0.25) is 4.79 Å². The molecule has 2 aromatic carbocycles. The summed E-state index contributed by atoms with van der Waals surface area (Å²) >= 11 is 3.43. The molecule has 152 valence electrons. The van der Waals surface area contributed by atoms with Gasteiger partial charge in [0.2, 0.25) is 11.7 Å². The minimum absolute atomic E-state index is 0.153. The molecule has 7 nitrogen and oxygen atoms in total. The third-order valence-corrected chi connectivity index (χ3v) is 4.85. The lowest BCUT2D eigenvalue weighted by molar-refractivity contribution is -0.115. The van der Waals surface area contributed by atoms with Crippen molar-refractivity contribution < 1.29 is 19.0 Å². The molecule has 1 heterocycles. The van der Waals surface area contributed by atoms with E-state index in [9.17, 15) is 4.79 Å². The molecule has 0 saturated carbocycles. The molecule has 0 aliphatic heterocycles. The van der Waals surface area contributed by atoms with Crippen LogP contribution in [0.1, 0.15) is 11.1 Å². The normalized spacial score (nSPS) is 10.5. The molecule has 29 heavy (non-hydrogen) atoms. The number of ether oxygens (including phenoxy) is 3. The number of nitrogens with zero attached hydrogens (tertiary/aromatic N) is 2. The van der Waals surface area contributed by atoms with Crippen molar-refractivity contribution in [2.45, 2.75) is 13.0 Å². The summed E-state index contributed by atoms with van der Waals surface area (Å²) in [6.07, 6.45) is 1.81. The highest BCUT2D eigenvalue weighted by atomic mass is 79.9. The maximum atomic E-state index is 12.6. The number of amides is 1. The Kier molecular flexibility index (Phi) is 6.77. The van der Waals surface area contributed by atoms with Crippen molar-refractivity contribution in [3.8, 4) is 17.2 Å². The number of aromatic nitrogens is 2. The predicted octanol–water partition coefficient (Wildman–Crippen LogP) is 3.90. The van der Waals surface area contributed by atoms with E-state index in [2.05, 4.69) is 26.3 Å². The Labute approximate surface area is 177 Å². The van der Waals surface area contributed by atoms with Gasteiger partial charge in [0, 0.05) is 10.5 Å². The van der Waals surface area contributed by atoms with Gasteiger partial charge >= 0.3 is 0 Å². The predicted molar refractivity (Wildman–Crippen MR) is 114 cm³/mol. The minimum atomic E-state index is -0.170. The van der Waals surface area contributed by atoms with E-state index < -0.39 is 0 Å². The van der Waals surface area contributed by atoms with Gasteiger partial charge in [0.1, 0.15) is 5.82 Å². The van der Waals surface area contributed by atoms with E-state index in [-0.39, 0.29) is 12.3 Å². The van der Waals surface area contributed by atoms with Crippen LogP contribution in [0, 0.1) is 0 Å². The number of nitrogens with one attached hydrogen (secondary N) is 1. The van der Waals surface area contributed by atoms with E-state index in [1.807, 2.05) is 24.3 Å². The van der Waals surface area contributed by atoms with E-state index in [0.717, 1.165) is 15.6 Å². The number of benzene rings is 2. The SMILES string of the molecule is COc1cc(CC(=O)Nc2ccnn2Cc2ccc(Br)cc2)cc(OC)c1OC. The molecule has 1 amide bonds. The summed E-state index contributed by atoms with van der Waals surface area (Å²) in [5, 5.41) is 7.22. The highest BCUT2D eigenvalue weighted by molar-refractivity contribution is 9.10. The van der Waals surface area contributed by atoms with Gasteiger partial charge in [0.05, 0.1) is 40.5 Å². The first-order chi connectivity index (χ1) is 14.0. The first kappa shape index (κ1) is 20.7. The summed E-state index contributed by atoms with van der Waals surface area (Å²) in [4.78, 5) is 12.6. The van der Waals surface area contributed by atoms with E-state index in [1.165, 1.54) is 0 Å². The Morgan fingerprint density at radius 3 is 2.24 bits per heavy atom. The van der Waals surface area contributed by atoms with Crippen molar-refractivity contribution in [1.82, 2.24) is 9.78 Å². The van der Waals surface area contributed by atoms with Crippen LogP contribution in [0.5, 0.6) is 17.2 Å². The van der Waals surface area contributed by atoms with Crippen LogP contribution >= 0.6 is 15.9 Å². The van der Waals surface area contributed by atoms with Gasteiger partial charge in [0.25, 0.3) is 0 Å². The summed E-state index contributed by atoms with van der Waals surface area (Å²) in [5.41, 5.74) is 1.83. The molecule has 3 aromatic rings. The van der Waals surface area contributed by atoms with Crippen LogP contribution in [-0.2, 0) is 17.8 Å². The van der Waals surface area contributed by atoms with Crippen LogP contribution in [0.3, 0.4) is 0 Å². The number of carbonyl (C=O) groups is 1. The molecular weight excluding hydrogens is 438 g/mol. The second-order valence-electron chi connectivity index (χ2n) is 6.26. The maximum Gasteiger partial charge on any atom is 0.229 e. The molecule has 0 bridgehead atoms. The summed E-state index contributed by atoms with van der Waals surface area (Å²) in [6.45, 7) is 0.556. The third-order valence-electron chi connectivity index (χ3n) is 4.32. The first-order valence-corrected chi connectivity index (χ1v) is 9.68. The van der Waals surface area contributed by atoms with Gasteiger partial charge in [-0.2, -0.15) is 5.10 Å². The average Bonchev–Trinajstić information content (AvgIpc) is 3.15. The van der Waals surface area contributed by atoms with Gasteiger partial charge in [-0.05, 0) is 35.4 Å². The lowest BCUT2D eigenvalue weighted by Gasteiger charge is -2.14. The topological polar surface area (TPSA) is 74.6 Å². The third kappa shape index (κ3) is 5.08. The molecule has 0 atom stereocenters. The molecule has 0 spiro atoms. The number of hydrogen-bond donors (Lipinski definition) is 1. The molecule has 1 N–H and O–H groups in total. The summed E-state index contributed by atoms with van der Waals surface area (Å²) in [6, 6.07) is 13.3. The molecule has 8 heteroatoms. The Morgan fingerprint density at radius 1 is 1.00 bits per heavy atom. The van der Waals surface area contributed by atoms with Crippen LogP contribution in [0.2, 0.25) is 0 Å². The Morgan fingerprint density at radius 2 is 1.66 bits per heavy atom. The van der Waals surface area contributed by atoms with Crippen molar-refractivity contribution >= 4 is 27.7 Å². The molecule has 0 unspecified atom stereocenters. The lowest BCUT2D eigenvalue weighted by atomic mass is 10.1. The van der Waals surface area contributed by atoms with Crippen LogP contribution < -0.4 is 19.5 Å². The van der Waals surface area contributed by atoms with Crippen molar-refractivity contribution in [3.63, 3.8) is 0 Å². The fourth-order valence-electron chi connectivity index (χ4n) is 2.94. The van der Waals surface area contributed by atoms with Crippen LogP contribution in [0.15, 0.2) is 53.1 Å². The monoisotopic (exact) mass is 459 g/mol. The van der Waals surface area contributed by atoms with E-state index in [4.69, 9.17) is 14.2 Å². The summed E-state index contributed by atoms with van der Waals surface area (Å²) < 4.78 is 18.8. The molecular formula is C21H22BrN3O4. The number of anilines is 1. The van der Waals surface area contributed by atoms with Crippen molar-refractivity contribution in [3.05, 3.63) is 64.3 Å². The number of hydrogen-bond acceptors (Lipinski definition) is 5. The second-order valence-corrected chi connectivity index (χ2v) is 7.17. The summed E-state index contributed by atoms with van der Waals surface area (Å²) in [7, 11) is 4.63. The molecule has 0 aliphatic carbocycles. The minimum Gasteiger partial charge on any atom is -0.493 e. The zero-order valence-electron chi connectivity index (χ0n) is 16.4. The Hall–Kier alpha value is -3.00. The van der Waals surface area contributed by atoms with Crippen molar-refractivity contribution in [2.75, 3.05) is 26.6 Å². The second kappa shape index (κ2) is 9.47. The maximum absolute atomic E-state index is 12.6. The first-order valence-electron chi connectivity index (χ1n) is 8.89. The largest absolute Gasteiger partial charge is 0.493 e. The van der Waals surface area contributed by atoms with Gasteiger partial charge < -0.3 is 19.5 Å². The molecule has 0 radical (unpaired) electrons. The van der Waals surface area contributed by atoms with Gasteiger partial charge in [-0.1, -0.05) is 28.1 Å². The highest BCUT2D eigenvalue weighted by Gasteiger charge is 2.16. The van der Waals surface area contributed by atoms with E-state index in [1.54, 1.807) is 50.4 Å². The highest BCUT2D eigenvalue weighted by Crippen LogP contribution is 2.38. The molecule has 0 saturated heterocycles. The summed E-state index contributed by atoms with van der Waals surface area (Å²) in [5.74, 6) is 1.97. The quantitative estimate of drug-likeness (QED) is 0.552. The number of methoxy groups -OCH3 is 3. The Balaban J connectivity index is 1.72. The number of rotatable bonds is 8. The number of halogens is 1. The average molecular weight is 460 g/mol. The fraction of sp³-hybridized carbons (Fsp3) is 0.238. The lowest BCUT2D eigenvalue weighted by Crippen LogP contribution is -2.18. The molecule has 0 fully saturated rings. The van der Waals surface area contributed by atoms with Gasteiger partial charge in [-0.25, -0.2) is 4.68 Å². The number of carbonyl (C=O) groups excluding carboxylic acids is 1. The molecule has 3 rings (SSSR count). The van der Waals surface area contributed by atoms with Crippen molar-refractivity contribution in [2.24, 2.45) is 0 Å². The van der Waals surface area contributed by atoms with Crippen molar-refractivity contribution in [1.29, 1.82) is 0 Å². The molecule has 1 aromatic heterocycles. The van der Waals surface area contributed by atoms with Crippen LogP contribution in [-0.4, -0.2) is 37.0 Å². The zero-order chi connectivity index (χ0) is 20.8. The smallest absolute Gasteiger partial charge is 0.229 e. The standard InChI is InChI=1S/C21H22BrN3O4/c1-27-17-10-15(11-18(28-2)21(17)29-3)12-20(26)24-19-8-9-23-25(19)13-14-4-6-16(22)7-5-14/h4-11H,12-13H2,1-3H3,(H,24,26). The van der Waals surface area contributed by atoms with Gasteiger partial charge in [-0.15, -0.1) is 0 Å².